The number of hydrogen-bond donors (Lipinski definition) is 2. The maximum Gasteiger partial charge on any atom is 0.332 e. The predicted octanol–water partition coefficient (Wildman–Crippen LogP) is 4.30. The van der Waals surface area contributed by atoms with E-state index in [4.69, 9.17) is 10.2 Å². The summed E-state index contributed by atoms with van der Waals surface area (Å²) in [6.45, 7) is 2.23. The summed E-state index contributed by atoms with van der Waals surface area (Å²) in [6, 6.07) is 0. The van der Waals surface area contributed by atoms with Gasteiger partial charge in [-0.25, -0.2) is 4.79 Å². The number of rotatable bonds is 13. The Labute approximate surface area is 117 Å². The van der Waals surface area contributed by atoms with Crippen LogP contribution in [0.15, 0.2) is 12.2 Å². The van der Waals surface area contributed by atoms with E-state index < -0.39 is 12.1 Å². The molecule has 0 radical (unpaired) electrons. The molecule has 0 spiro atoms. The van der Waals surface area contributed by atoms with Crippen molar-refractivity contribution in [1.82, 2.24) is 0 Å². The number of carboxylic acid groups (broad SMARTS) is 1. The Morgan fingerprint density at radius 2 is 1.47 bits per heavy atom. The smallest absolute Gasteiger partial charge is 0.332 e. The first-order valence-electron chi connectivity index (χ1n) is 7.74. The van der Waals surface area contributed by atoms with Crippen LogP contribution in [0.4, 0.5) is 0 Å². The molecular formula is C16H30O3. The van der Waals surface area contributed by atoms with Gasteiger partial charge < -0.3 is 10.2 Å². The van der Waals surface area contributed by atoms with Gasteiger partial charge in [0.2, 0.25) is 0 Å². The standard InChI is InChI=1S/C16H30O3/c1-2-3-4-5-6-7-8-9-10-11-12-13-14-15(17)16(18)19/h9-10,15,17H,2-8,11-14H2,1H3,(H,18,19)/b10-9-. The number of aliphatic hydroxyl groups is 1. The molecule has 0 aliphatic carbocycles. The fraction of sp³-hybridized carbons (Fsp3) is 0.812. The van der Waals surface area contributed by atoms with E-state index in [-0.39, 0.29) is 0 Å². The number of aliphatic hydroxyl groups excluding tert-OH is 1. The third-order valence-electron chi connectivity index (χ3n) is 3.27. The summed E-state index contributed by atoms with van der Waals surface area (Å²) < 4.78 is 0. The topological polar surface area (TPSA) is 57.5 Å². The summed E-state index contributed by atoms with van der Waals surface area (Å²) in [7, 11) is 0. The highest BCUT2D eigenvalue weighted by Crippen LogP contribution is 2.08. The van der Waals surface area contributed by atoms with Gasteiger partial charge in [-0.15, -0.1) is 0 Å². The molecular weight excluding hydrogens is 240 g/mol. The SMILES string of the molecule is CCCCCCCC/C=C\CCCCC(O)C(=O)O. The van der Waals surface area contributed by atoms with Crippen LogP contribution >= 0.6 is 0 Å². The van der Waals surface area contributed by atoms with E-state index in [9.17, 15) is 4.79 Å². The zero-order valence-corrected chi connectivity index (χ0v) is 12.3. The quantitative estimate of drug-likeness (QED) is 0.387. The lowest BCUT2D eigenvalue weighted by atomic mass is 10.1. The Bertz CT molecular complexity index is 236. The molecule has 0 aliphatic rings. The van der Waals surface area contributed by atoms with E-state index in [1.807, 2.05) is 0 Å². The number of carbonyl (C=O) groups is 1. The van der Waals surface area contributed by atoms with Gasteiger partial charge >= 0.3 is 5.97 Å². The van der Waals surface area contributed by atoms with E-state index in [1.165, 1.54) is 38.5 Å². The molecule has 0 heterocycles. The molecule has 0 amide bonds. The summed E-state index contributed by atoms with van der Waals surface area (Å²) in [5.74, 6) is -1.11. The predicted molar refractivity (Wildman–Crippen MR) is 79.2 cm³/mol. The van der Waals surface area contributed by atoms with E-state index in [2.05, 4.69) is 19.1 Å². The van der Waals surface area contributed by atoms with Crippen LogP contribution in [0.1, 0.15) is 77.6 Å². The molecule has 0 rings (SSSR count). The van der Waals surface area contributed by atoms with Gasteiger partial charge in [0, 0.05) is 0 Å². The maximum absolute atomic E-state index is 10.4. The van der Waals surface area contributed by atoms with Gasteiger partial charge in [0.1, 0.15) is 0 Å². The van der Waals surface area contributed by atoms with Gasteiger partial charge in [0.25, 0.3) is 0 Å². The number of allylic oxidation sites excluding steroid dienone is 2. The van der Waals surface area contributed by atoms with Gasteiger partial charge in [-0.2, -0.15) is 0 Å². The molecule has 0 aromatic rings. The van der Waals surface area contributed by atoms with Crippen molar-refractivity contribution in [2.45, 2.75) is 83.7 Å². The minimum Gasteiger partial charge on any atom is -0.479 e. The highest BCUT2D eigenvalue weighted by Gasteiger charge is 2.11. The fourth-order valence-electron chi connectivity index (χ4n) is 2.00. The van der Waals surface area contributed by atoms with E-state index in [0.29, 0.717) is 6.42 Å². The van der Waals surface area contributed by atoms with Crippen LogP contribution in [0.3, 0.4) is 0 Å². The van der Waals surface area contributed by atoms with Crippen molar-refractivity contribution in [3.8, 4) is 0 Å². The molecule has 112 valence electrons. The van der Waals surface area contributed by atoms with Gasteiger partial charge in [0.05, 0.1) is 0 Å². The van der Waals surface area contributed by atoms with Gasteiger partial charge in [-0.1, -0.05) is 51.2 Å². The largest absolute Gasteiger partial charge is 0.479 e. The van der Waals surface area contributed by atoms with Crippen molar-refractivity contribution in [3.63, 3.8) is 0 Å². The Morgan fingerprint density at radius 1 is 0.947 bits per heavy atom. The molecule has 0 saturated heterocycles. The molecule has 3 heteroatoms. The van der Waals surface area contributed by atoms with Crippen LogP contribution in [0.25, 0.3) is 0 Å². The van der Waals surface area contributed by atoms with Crippen LogP contribution in [0, 0.1) is 0 Å². The second kappa shape index (κ2) is 13.6. The number of carboxylic acids is 1. The molecule has 0 aromatic heterocycles. The van der Waals surface area contributed by atoms with Crippen LogP contribution in [-0.2, 0) is 4.79 Å². The second-order valence-electron chi connectivity index (χ2n) is 5.17. The highest BCUT2D eigenvalue weighted by molar-refractivity contribution is 5.71. The molecule has 2 N–H and O–H groups in total. The maximum atomic E-state index is 10.4. The highest BCUT2D eigenvalue weighted by atomic mass is 16.4. The normalized spacial score (nSPS) is 12.9. The number of aliphatic carboxylic acids is 1. The molecule has 0 saturated carbocycles. The fourth-order valence-corrected chi connectivity index (χ4v) is 2.00. The number of hydrogen-bond acceptors (Lipinski definition) is 2. The van der Waals surface area contributed by atoms with Crippen LogP contribution in [0.5, 0.6) is 0 Å². The Balaban J connectivity index is 3.19. The molecule has 1 atom stereocenters. The summed E-state index contributed by atoms with van der Waals surface area (Å²) in [5.41, 5.74) is 0. The third-order valence-corrected chi connectivity index (χ3v) is 3.27. The van der Waals surface area contributed by atoms with Crippen molar-refractivity contribution in [2.24, 2.45) is 0 Å². The van der Waals surface area contributed by atoms with Gasteiger partial charge in [-0.3, -0.25) is 0 Å². The van der Waals surface area contributed by atoms with Gasteiger partial charge in [-0.05, 0) is 38.5 Å². The average molecular weight is 270 g/mol. The first-order valence-corrected chi connectivity index (χ1v) is 7.74. The molecule has 0 aliphatic heterocycles. The average Bonchev–Trinajstić information content (AvgIpc) is 2.39. The Kier molecular flexibility index (Phi) is 13.0. The molecule has 19 heavy (non-hydrogen) atoms. The van der Waals surface area contributed by atoms with E-state index in [0.717, 1.165) is 25.7 Å². The Hall–Kier alpha value is -0.830. The third kappa shape index (κ3) is 13.4. The summed E-state index contributed by atoms with van der Waals surface area (Å²) in [5, 5.41) is 17.6. The molecule has 0 fully saturated rings. The lowest BCUT2D eigenvalue weighted by Crippen LogP contribution is -2.18. The molecule has 0 bridgehead atoms. The van der Waals surface area contributed by atoms with Gasteiger partial charge in [0.15, 0.2) is 6.10 Å². The van der Waals surface area contributed by atoms with Crippen molar-refractivity contribution in [2.75, 3.05) is 0 Å². The number of unbranched alkanes of at least 4 members (excludes halogenated alkanes) is 8. The second-order valence-corrected chi connectivity index (χ2v) is 5.17. The van der Waals surface area contributed by atoms with E-state index >= 15 is 0 Å². The van der Waals surface area contributed by atoms with Crippen LogP contribution < -0.4 is 0 Å². The first-order chi connectivity index (χ1) is 9.18. The van der Waals surface area contributed by atoms with Crippen molar-refractivity contribution < 1.29 is 15.0 Å². The zero-order chi connectivity index (χ0) is 14.3. The van der Waals surface area contributed by atoms with E-state index in [1.54, 1.807) is 0 Å². The zero-order valence-electron chi connectivity index (χ0n) is 12.3. The van der Waals surface area contributed by atoms with Crippen LogP contribution in [-0.4, -0.2) is 22.3 Å². The summed E-state index contributed by atoms with van der Waals surface area (Å²) in [6.07, 6.45) is 15.4. The molecule has 3 nitrogen and oxygen atoms in total. The lowest BCUT2D eigenvalue weighted by molar-refractivity contribution is -0.146. The molecule has 0 aromatic carbocycles. The first kappa shape index (κ1) is 18.2. The minimum absolute atomic E-state index is 0.362. The van der Waals surface area contributed by atoms with Crippen LogP contribution in [0.2, 0.25) is 0 Å². The van der Waals surface area contributed by atoms with Crippen molar-refractivity contribution >= 4 is 5.97 Å². The molecule has 1 unspecified atom stereocenters. The summed E-state index contributed by atoms with van der Waals surface area (Å²) >= 11 is 0. The monoisotopic (exact) mass is 270 g/mol. The summed E-state index contributed by atoms with van der Waals surface area (Å²) in [4.78, 5) is 10.4. The van der Waals surface area contributed by atoms with Crippen molar-refractivity contribution in [3.05, 3.63) is 12.2 Å². The Morgan fingerprint density at radius 3 is 2.05 bits per heavy atom. The lowest BCUT2D eigenvalue weighted by Gasteiger charge is -2.03. The van der Waals surface area contributed by atoms with Crippen molar-refractivity contribution in [1.29, 1.82) is 0 Å². The minimum atomic E-state index is -1.19.